The molecule has 4 rings (SSSR count). The van der Waals surface area contributed by atoms with Gasteiger partial charge in [-0.25, -0.2) is 9.18 Å². The van der Waals surface area contributed by atoms with Crippen LogP contribution in [0.5, 0.6) is 0 Å². The molecule has 3 heterocycles. The predicted molar refractivity (Wildman–Crippen MR) is 109 cm³/mol. The number of hydrogen-bond acceptors (Lipinski definition) is 4. The minimum absolute atomic E-state index is 0.0399. The Hall–Kier alpha value is -3.42. The van der Waals surface area contributed by atoms with Gasteiger partial charge in [0.1, 0.15) is 5.82 Å². The second-order valence-electron chi connectivity index (χ2n) is 7.11. The number of carbonyl (C=O) groups is 1. The monoisotopic (exact) mass is 394 g/mol. The van der Waals surface area contributed by atoms with Crippen LogP contribution in [-0.2, 0) is 6.54 Å². The van der Waals surface area contributed by atoms with Crippen LogP contribution in [0.4, 0.5) is 15.0 Å². The fraction of sp³-hybridized carbons (Fsp3) is 0.286. The van der Waals surface area contributed by atoms with Crippen molar-refractivity contribution >= 4 is 11.8 Å². The van der Waals surface area contributed by atoms with E-state index >= 15 is 0 Å². The molecule has 3 aromatic rings. The molecule has 1 aliphatic rings. The van der Waals surface area contributed by atoms with Crippen LogP contribution >= 0.6 is 0 Å². The highest BCUT2D eigenvalue weighted by atomic mass is 19.1. The molecule has 0 unspecified atom stereocenters. The van der Waals surface area contributed by atoms with E-state index in [1.807, 2.05) is 18.2 Å². The van der Waals surface area contributed by atoms with Crippen molar-refractivity contribution in [2.75, 3.05) is 18.0 Å². The van der Waals surface area contributed by atoms with Gasteiger partial charge in [0.15, 0.2) is 5.82 Å². The topological polar surface area (TPSA) is 85.9 Å². The van der Waals surface area contributed by atoms with Gasteiger partial charge in [0, 0.05) is 49.7 Å². The number of hydrogen-bond donors (Lipinski definition) is 3. The second-order valence-corrected chi connectivity index (χ2v) is 7.11. The maximum Gasteiger partial charge on any atom is 0.315 e. The number of rotatable bonds is 5. The maximum absolute atomic E-state index is 13.0. The summed E-state index contributed by atoms with van der Waals surface area (Å²) in [6, 6.07) is 11.8. The molecule has 8 heteroatoms. The fourth-order valence-electron chi connectivity index (χ4n) is 3.48. The van der Waals surface area contributed by atoms with Crippen LogP contribution < -0.4 is 15.5 Å². The lowest BCUT2D eigenvalue weighted by Gasteiger charge is -2.33. The summed E-state index contributed by atoms with van der Waals surface area (Å²) in [5.74, 6) is 0.584. The molecule has 1 fully saturated rings. The molecule has 1 aliphatic heterocycles. The van der Waals surface area contributed by atoms with E-state index in [1.54, 1.807) is 24.5 Å². The number of benzene rings is 1. The van der Waals surface area contributed by atoms with E-state index in [0.29, 0.717) is 13.1 Å². The summed E-state index contributed by atoms with van der Waals surface area (Å²) in [7, 11) is 0. The van der Waals surface area contributed by atoms with Crippen LogP contribution in [0.25, 0.3) is 11.3 Å². The SMILES string of the molecule is O=C(NCc1ccc(F)cc1)N[C@@H]1CCCN(c2cc(-c3ccncc3)[nH]n2)C1. The number of nitrogens with one attached hydrogen (secondary N) is 3. The van der Waals surface area contributed by atoms with Gasteiger partial charge < -0.3 is 15.5 Å². The van der Waals surface area contributed by atoms with Gasteiger partial charge >= 0.3 is 6.03 Å². The van der Waals surface area contributed by atoms with Crippen molar-refractivity contribution in [1.29, 1.82) is 0 Å². The minimum Gasteiger partial charge on any atom is -0.353 e. The van der Waals surface area contributed by atoms with Crippen molar-refractivity contribution in [2.45, 2.75) is 25.4 Å². The van der Waals surface area contributed by atoms with E-state index in [0.717, 1.165) is 42.0 Å². The maximum atomic E-state index is 13.0. The van der Waals surface area contributed by atoms with E-state index in [2.05, 4.69) is 30.7 Å². The minimum atomic E-state index is -0.286. The Balaban J connectivity index is 1.31. The van der Waals surface area contributed by atoms with Gasteiger partial charge in [0.25, 0.3) is 0 Å². The van der Waals surface area contributed by atoms with Crippen molar-refractivity contribution in [2.24, 2.45) is 0 Å². The lowest BCUT2D eigenvalue weighted by Crippen LogP contribution is -2.50. The standard InChI is InChI=1S/C21H23FN6O/c22-17-5-3-15(4-6-17)13-24-21(29)25-18-2-1-11-28(14-18)20-12-19(26-27-20)16-7-9-23-10-8-16/h3-10,12,18H,1-2,11,13-14H2,(H,26,27)(H2,24,25,29)/t18-/m1/s1. The smallest absolute Gasteiger partial charge is 0.315 e. The molecule has 150 valence electrons. The zero-order chi connectivity index (χ0) is 20.1. The Labute approximate surface area is 168 Å². The summed E-state index contributed by atoms with van der Waals surface area (Å²) < 4.78 is 13.0. The molecule has 0 spiro atoms. The van der Waals surface area contributed by atoms with E-state index in [-0.39, 0.29) is 17.9 Å². The molecule has 1 aromatic carbocycles. The van der Waals surface area contributed by atoms with Crippen molar-refractivity contribution in [3.63, 3.8) is 0 Å². The van der Waals surface area contributed by atoms with Gasteiger partial charge in [-0.05, 0) is 42.7 Å². The zero-order valence-electron chi connectivity index (χ0n) is 15.9. The number of urea groups is 1. The Morgan fingerprint density at radius 3 is 2.79 bits per heavy atom. The molecule has 0 aliphatic carbocycles. The number of nitrogens with zero attached hydrogens (tertiary/aromatic N) is 3. The molecule has 2 aromatic heterocycles. The Morgan fingerprint density at radius 2 is 2.00 bits per heavy atom. The molecular weight excluding hydrogens is 371 g/mol. The number of anilines is 1. The van der Waals surface area contributed by atoms with Gasteiger partial charge in [-0.3, -0.25) is 10.1 Å². The summed E-state index contributed by atoms with van der Waals surface area (Å²) in [6.07, 6.45) is 5.39. The summed E-state index contributed by atoms with van der Waals surface area (Å²) in [6.45, 7) is 1.96. The summed E-state index contributed by atoms with van der Waals surface area (Å²) >= 11 is 0. The van der Waals surface area contributed by atoms with Crippen LogP contribution in [0, 0.1) is 5.82 Å². The van der Waals surface area contributed by atoms with E-state index < -0.39 is 0 Å². The van der Waals surface area contributed by atoms with Crippen LogP contribution in [0.3, 0.4) is 0 Å². The van der Waals surface area contributed by atoms with Gasteiger partial charge in [-0.2, -0.15) is 5.10 Å². The van der Waals surface area contributed by atoms with Crippen LogP contribution in [0.15, 0.2) is 54.9 Å². The third kappa shape index (κ3) is 4.90. The third-order valence-corrected chi connectivity index (χ3v) is 5.00. The number of aromatic amines is 1. The average Bonchev–Trinajstić information content (AvgIpc) is 3.25. The molecule has 3 N–H and O–H groups in total. The number of piperidine rings is 1. The Kier molecular flexibility index (Phi) is 5.69. The van der Waals surface area contributed by atoms with E-state index in [1.165, 1.54) is 12.1 Å². The lowest BCUT2D eigenvalue weighted by molar-refractivity contribution is 0.234. The molecule has 7 nitrogen and oxygen atoms in total. The fourth-order valence-corrected chi connectivity index (χ4v) is 3.48. The molecular formula is C21H23FN6O. The molecule has 0 bridgehead atoms. The van der Waals surface area contributed by atoms with Crippen molar-refractivity contribution < 1.29 is 9.18 Å². The molecule has 2 amide bonds. The Bertz CT molecular complexity index is 943. The largest absolute Gasteiger partial charge is 0.353 e. The molecule has 0 radical (unpaired) electrons. The highest BCUT2D eigenvalue weighted by Crippen LogP contribution is 2.23. The first-order chi connectivity index (χ1) is 14.2. The molecule has 1 saturated heterocycles. The van der Waals surface area contributed by atoms with Gasteiger partial charge in [0.2, 0.25) is 0 Å². The van der Waals surface area contributed by atoms with E-state index in [4.69, 9.17) is 0 Å². The molecule has 0 saturated carbocycles. The summed E-state index contributed by atoms with van der Waals surface area (Å²) in [5.41, 5.74) is 2.83. The van der Waals surface area contributed by atoms with Crippen LogP contribution in [-0.4, -0.2) is 40.3 Å². The number of amides is 2. The van der Waals surface area contributed by atoms with Crippen LogP contribution in [0.1, 0.15) is 18.4 Å². The third-order valence-electron chi connectivity index (χ3n) is 5.00. The Morgan fingerprint density at radius 1 is 1.21 bits per heavy atom. The highest BCUT2D eigenvalue weighted by Gasteiger charge is 2.23. The van der Waals surface area contributed by atoms with Gasteiger partial charge in [-0.1, -0.05) is 12.1 Å². The first-order valence-corrected chi connectivity index (χ1v) is 9.67. The number of halogens is 1. The predicted octanol–water partition coefficient (Wildman–Crippen LogP) is 3.08. The summed E-state index contributed by atoms with van der Waals surface area (Å²) in [5, 5.41) is 13.4. The summed E-state index contributed by atoms with van der Waals surface area (Å²) in [4.78, 5) is 18.5. The van der Waals surface area contributed by atoms with Crippen molar-refractivity contribution in [1.82, 2.24) is 25.8 Å². The quantitative estimate of drug-likeness (QED) is 0.621. The number of carbonyl (C=O) groups excluding carboxylic acids is 1. The lowest BCUT2D eigenvalue weighted by atomic mass is 10.1. The van der Waals surface area contributed by atoms with Gasteiger partial charge in [0.05, 0.1) is 5.69 Å². The zero-order valence-corrected chi connectivity index (χ0v) is 15.9. The first kappa shape index (κ1) is 18.9. The molecule has 1 atom stereocenters. The second kappa shape index (κ2) is 8.72. The highest BCUT2D eigenvalue weighted by molar-refractivity contribution is 5.74. The number of H-pyrrole nitrogens is 1. The average molecular weight is 394 g/mol. The number of aromatic nitrogens is 3. The van der Waals surface area contributed by atoms with Crippen molar-refractivity contribution in [3.8, 4) is 11.3 Å². The van der Waals surface area contributed by atoms with E-state index in [9.17, 15) is 9.18 Å². The normalized spacial score (nSPS) is 16.4. The van der Waals surface area contributed by atoms with Crippen molar-refractivity contribution in [3.05, 3.63) is 66.2 Å². The number of pyridine rings is 1. The molecule has 29 heavy (non-hydrogen) atoms. The van der Waals surface area contributed by atoms with Gasteiger partial charge in [-0.15, -0.1) is 0 Å². The van der Waals surface area contributed by atoms with Crippen LogP contribution in [0.2, 0.25) is 0 Å². The first-order valence-electron chi connectivity index (χ1n) is 9.67.